The molecule has 3 aromatic rings. The standard InChI is InChI=1S/C29H26FNO6/c1-3-5-16-35-23-13-9-20(10-14-23)27-31-24(29(33)37-27)17-19-6-15-25(26(18-19)34-4-2)36-28(32)21-7-11-22(30)12-8-21/h6-15,17-18H,3-5,16H2,1-2H3/b24-17-. The Morgan fingerprint density at radius 3 is 2.43 bits per heavy atom. The lowest BCUT2D eigenvalue weighted by Crippen LogP contribution is -2.09. The highest BCUT2D eigenvalue weighted by atomic mass is 19.1. The third kappa shape index (κ3) is 6.61. The summed E-state index contributed by atoms with van der Waals surface area (Å²) < 4.78 is 35.2. The van der Waals surface area contributed by atoms with Gasteiger partial charge in [-0.2, -0.15) is 0 Å². The van der Waals surface area contributed by atoms with Gasteiger partial charge in [0.15, 0.2) is 17.2 Å². The molecule has 0 atom stereocenters. The number of carbonyl (C=O) groups excluding carboxylic acids is 2. The van der Waals surface area contributed by atoms with Crippen LogP contribution in [0.2, 0.25) is 0 Å². The molecule has 0 spiro atoms. The molecule has 8 heteroatoms. The summed E-state index contributed by atoms with van der Waals surface area (Å²) in [5, 5.41) is 0. The lowest BCUT2D eigenvalue weighted by atomic mass is 10.1. The molecular formula is C29H26FNO6. The molecule has 7 nitrogen and oxygen atoms in total. The lowest BCUT2D eigenvalue weighted by Gasteiger charge is -2.11. The van der Waals surface area contributed by atoms with Crippen LogP contribution in [0.15, 0.2) is 77.4 Å². The quantitative estimate of drug-likeness (QED) is 0.147. The summed E-state index contributed by atoms with van der Waals surface area (Å²) in [6.45, 7) is 4.86. The minimum absolute atomic E-state index is 0.122. The number of hydrogen-bond acceptors (Lipinski definition) is 7. The zero-order valence-electron chi connectivity index (χ0n) is 20.5. The van der Waals surface area contributed by atoms with Gasteiger partial charge in [-0.1, -0.05) is 19.4 Å². The van der Waals surface area contributed by atoms with Gasteiger partial charge in [-0.25, -0.2) is 19.0 Å². The van der Waals surface area contributed by atoms with E-state index in [0.29, 0.717) is 30.1 Å². The van der Waals surface area contributed by atoms with Crippen molar-refractivity contribution in [3.8, 4) is 17.2 Å². The maximum atomic E-state index is 13.1. The number of benzene rings is 3. The highest BCUT2D eigenvalue weighted by molar-refractivity contribution is 6.12. The van der Waals surface area contributed by atoms with E-state index < -0.39 is 17.8 Å². The minimum atomic E-state index is -0.651. The number of cyclic esters (lactones) is 1. The first-order chi connectivity index (χ1) is 18.0. The van der Waals surface area contributed by atoms with Crippen molar-refractivity contribution in [2.45, 2.75) is 26.7 Å². The van der Waals surface area contributed by atoms with Crippen molar-refractivity contribution in [2.24, 2.45) is 4.99 Å². The zero-order chi connectivity index (χ0) is 26.2. The monoisotopic (exact) mass is 503 g/mol. The van der Waals surface area contributed by atoms with Gasteiger partial charge in [0.2, 0.25) is 5.90 Å². The van der Waals surface area contributed by atoms with Crippen LogP contribution in [0.3, 0.4) is 0 Å². The molecule has 0 radical (unpaired) electrons. The Bertz CT molecular complexity index is 1330. The van der Waals surface area contributed by atoms with Crippen molar-refractivity contribution in [3.05, 3.63) is 94.9 Å². The van der Waals surface area contributed by atoms with Crippen LogP contribution < -0.4 is 14.2 Å². The van der Waals surface area contributed by atoms with Crippen LogP contribution in [0.4, 0.5) is 4.39 Å². The van der Waals surface area contributed by atoms with Gasteiger partial charge in [0.05, 0.1) is 18.8 Å². The second-order valence-electron chi connectivity index (χ2n) is 8.10. The fourth-order valence-corrected chi connectivity index (χ4v) is 3.43. The fraction of sp³-hybridized carbons (Fsp3) is 0.207. The van der Waals surface area contributed by atoms with Gasteiger partial charge < -0.3 is 18.9 Å². The first-order valence-electron chi connectivity index (χ1n) is 12.0. The molecule has 0 aromatic heterocycles. The summed E-state index contributed by atoms with van der Waals surface area (Å²) in [4.78, 5) is 29.2. The average Bonchev–Trinajstić information content (AvgIpc) is 3.26. The largest absolute Gasteiger partial charge is 0.494 e. The number of unbranched alkanes of at least 4 members (excludes halogenated alkanes) is 1. The number of nitrogens with zero attached hydrogens (tertiary/aromatic N) is 1. The van der Waals surface area contributed by atoms with E-state index in [0.717, 1.165) is 18.6 Å². The van der Waals surface area contributed by atoms with Gasteiger partial charge >= 0.3 is 11.9 Å². The number of hydrogen-bond donors (Lipinski definition) is 0. The zero-order valence-corrected chi connectivity index (χ0v) is 20.5. The minimum Gasteiger partial charge on any atom is -0.494 e. The Morgan fingerprint density at radius 2 is 1.73 bits per heavy atom. The van der Waals surface area contributed by atoms with Crippen molar-refractivity contribution < 1.29 is 32.9 Å². The van der Waals surface area contributed by atoms with Crippen LogP contribution >= 0.6 is 0 Å². The number of aliphatic imine (C=N–C) groups is 1. The number of ether oxygens (including phenoxy) is 4. The highest BCUT2D eigenvalue weighted by Gasteiger charge is 2.24. The van der Waals surface area contributed by atoms with Crippen molar-refractivity contribution in [2.75, 3.05) is 13.2 Å². The second-order valence-corrected chi connectivity index (χ2v) is 8.10. The SMILES string of the molecule is CCCCOc1ccc(C2=N/C(=C\c3ccc(OC(=O)c4ccc(F)cc4)c(OCC)c3)C(=O)O2)cc1. The van der Waals surface area contributed by atoms with Crippen LogP contribution in [0.5, 0.6) is 17.2 Å². The molecule has 1 heterocycles. The lowest BCUT2D eigenvalue weighted by molar-refractivity contribution is -0.129. The molecule has 0 aliphatic carbocycles. The summed E-state index contributed by atoms with van der Waals surface area (Å²) in [6, 6.07) is 17.1. The third-order valence-corrected chi connectivity index (χ3v) is 5.34. The maximum absolute atomic E-state index is 13.1. The topological polar surface area (TPSA) is 83.4 Å². The van der Waals surface area contributed by atoms with Crippen molar-refractivity contribution in [1.29, 1.82) is 0 Å². The van der Waals surface area contributed by atoms with E-state index in [4.69, 9.17) is 18.9 Å². The molecule has 190 valence electrons. The molecule has 0 saturated heterocycles. The predicted molar refractivity (Wildman–Crippen MR) is 136 cm³/mol. The molecule has 0 saturated carbocycles. The molecule has 0 unspecified atom stereocenters. The number of rotatable bonds is 10. The molecule has 37 heavy (non-hydrogen) atoms. The second kappa shape index (κ2) is 12.0. The van der Waals surface area contributed by atoms with Crippen molar-refractivity contribution >= 4 is 23.9 Å². The van der Waals surface area contributed by atoms with Crippen LogP contribution in [0, 0.1) is 5.82 Å². The summed E-state index contributed by atoms with van der Waals surface area (Å²) in [7, 11) is 0. The summed E-state index contributed by atoms with van der Waals surface area (Å²) >= 11 is 0. The maximum Gasteiger partial charge on any atom is 0.363 e. The van der Waals surface area contributed by atoms with Crippen LogP contribution in [0.1, 0.15) is 48.2 Å². The first kappa shape index (κ1) is 25.6. The Hall–Kier alpha value is -4.46. The molecule has 0 amide bonds. The molecule has 0 N–H and O–H groups in total. The number of esters is 2. The molecule has 4 rings (SSSR count). The van der Waals surface area contributed by atoms with E-state index in [2.05, 4.69) is 11.9 Å². The molecule has 0 bridgehead atoms. The molecule has 1 aliphatic heterocycles. The van der Waals surface area contributed by atoms with Crippen molar-refractivity contribution in [3.63, 3.8) is 0 Å². The van der Waals surface area contributed by atoms with Gasteiger partial charge in [-0.05, 0) is 85.6 Å². The normalized spacial score (nSPS) is 13.8. The van der Waals surface area contributed by atoms with E-state index in [1.807, 2.05) is 12.1 Å². The smallest absolute Gasteiger partial charge is 0.363 e. The Morgan fingerprint density at radius 1 is 0.973 bits per heavy atom. The fourth-order valence-electron chi connectivity index (χ4n) is 3.43. The molecule has 0 fully saturated rings. The highest BCUT2D eigenvalue weighted by Crippen LogP contribution is 2.31. The van der Waals surface area contributed by atoms with E-state index in [9.17, 15) is 14.0 Å². The Labute approximate surface area is 214 Å². The first-order valence-corrected chi connectivity index (χ1v) is 12.0. The molecule has 3 aromatic carbocycles. The average molecular weight is 504 g/mol. The Kier molecular flexibility index (Phi) is 8.30. The predicted octanol–water partition coefficient (Wildman–Crippen LogP) is 5.97. The van der Waals surface area contributed by atoms with E-state index in [-0.39, 0.29) is 22.9 Å². The number of halogens is 1. The molecule has 1 aliphatic rings. The van der Waals surface area contributed by atoms with Crippen LogP contribution in [0.25, 0.3) is 6.08 Å². The van der Waals surface area contributed by atoms with E-state index in [1.54, 1.807) is 43.3 Å². The summed E-state index contributed by atoms with van der Waals surface area (Å²) in [5.41, 5.74) is 1.57. The van der Waals surface area contributed by atoms with Crippen molar-refractivity contribution in [1.82, 2.24) is 0 Å². The van der Waals surface area contributed by atoms with E-state index >= 15 is 0 Å². The van der Waals surface area contributed by atoms with Gasteiger partial charge in [0, 0.05) is 5.56 Å². The molecular weight excluding hydrogens is 477 g/mol. The Balaban J connectivity index is 1.51. The van der Waals surface area contributed by atoms with E-state index in [1.165, 1.54) is 24.3 Å². The van der Waals surface area contributed by atoms with Crippen LogP contribution in [-0.4, -0.2) is 31.1 Å². The van der Waals surface area contributed by atoms with Gasteiger partial charge in [0.1, 0.15) is 11.6 Å². The third-order valence-electron chi connectivity index (χ3n) is 5.34. The summed E-state index contributed by atoms with van der Waals surface area (Å²) in [5.74, 6) is -0.244. The van der Waals surface area contributed by atoms with Crippen LogP contribution in [-0.2, 0) is 9.53 Å². The summed E-state index contributed by atoms with van der Waals surface area (Å²) in [6.07, 6.45) is 3.59. The van der Waals surface area contributed by atoms with Gasteiger partial charge in [-0.3, -0.25) is 0 Å². The van der Waals surface area contributed by atoms with Gasteiger partial charge in [-0.15, -0.1) is 0 Å². The number of carbonyl (C=O) groups is 2. The van der Waals surface area contributed by atoms with Gasteiger partial charge in [0.25, 0.3) is 0 Å².